The van der Waals surface area contributed by atoms with Gasteiger partial charge in [-0.05, 0) is 12.1 Å². The molecule has 76 valence electrons. The molecule has 0 bridgehead atoms. The molecule has 0 heterocycles. The van der Waals surface area contributed by atoms with Crippen molar-refractivity contribution in [3.8, 4) is 0 Å². The number of aliphatic hydroxyl groups is 1. The number of hydrogen-bond donors (Lipinski definition) is 1. The second-order valence-corrected chi connectivity index (χ2v) is 4.32. The van der Waals surface area contributed by atoms with Gasteiger partial charge >= 0.3 is 0 Å². The summed E-state index contributed by atoms with van der Waals surface area (Å²) in [6.07, 6.45) is 0. The summed E-state index contributed by atoms with van der Waals surface area (Å²) in [5, 5.41) is 9.58. The molecule has 0 atom stereocenters. The molecule has 0 spiro atoms. The van der Waals surface area contributed by atoms with Crippen LogP contribution in [0, 0.1) is 0 Å². The molecule has 4 nitrogen and oxygen atoms in total. The Morgan fingerprint density at radius 3 is 2.43 bits per heavy atom. The molecular formula is C9H10O4S. The van der Waals surface area contributed by atoms with Crippen LogP contribution < -0.4 is 0 Å². The van der Waals surface area contributed by atoms with Crippen molar-refractivity contribution in [2.24, 2.45) is 0 Å². The monoisotopic (exact) mass is 214 g/mol. The van der Waals surface area contributed by atoms with Crippen LogP contribution in [0.2, 0.25) is 0 Å². The Hall–Kier alpha value is -1.49. The smallest absolute Gasteiger partial charge is 0.288 e. The lowest BCUT2D eigenvalue weighted by Crippen LogP contribution is -1.98. The first-order valence-electron chi connectivity index (χ1n) is 3.81. The lowest BCUT2D eigenvalue weighted by atomic mass is 10.4. The van der Waals surface area contributed by atoms with Crippen LogP contribution in [0.25, 0.3) is 0 Å². The summed E-state index contributed by atoms with van der Waals surface area (Å²) in [6.45, 7) is 0. The maximum Gasteiger partial charge on any atom is 0.288 e. The van der Waals surface area contributed by atoms with Gasteiger partial charge < -0.3 is 9.84 Å². The molecule has 0 aromatic heterocycles. The second-order valence-electron chi connectivity index (χ2n) is 2.52. The number of aliphatic hydroxyl groups excluding tert-OH is 1. The van der Waals surface area contributed by atoms with Crippen molar-refractivity contribution in [2.75, 3.05) is 7.11 Å². The molecule has 0 aliphatic carbocycles. The predicted molar refractivity (Wildman–Crippen MR) is 51.3 cm³/mol. The van der Waals surface area contributed by atoms with Gasteiger partial charge in [0.15, 0.2) is 0 Å². The van der Waals surface area contributed by atoms with E-state index in [0.29, 0.717) is 5.41 Å². The number of methoxy groups -OCH3 is 1. The Morgan fingerprint density at radius 2 is 1.93 bits per heavy atom. The fourth-order valence-electron chi connectivity index (χ4n) is 0.859. The number of ether oxygens (including phenoxy) is 1. The van der Waals surface area contributed by atoms with E-state index in [9.17, 15) is 8.42 Å². The Balaban J connectivity index is 3.11. The van der Waals surface area contributed by atoms with Gasteiger partial charge in [0.05, 0.1) is 12.0 Å². The van der Waals surface area contributed by atoms with Crippen molar-refractivity contribution < 1.29 is 18.3 Å². The summed E-state index contributed by atoms with van der Waals surface area (Å²) in [5.41, 5.74) is 0. The normalized spacial score (nSPS) is 12.5. The number of rotatable bonds is 3. The number of sulfone groups is 1. The molecule has 0 amide bonds. The van der Waals surface area contributed by atoms with Crippen molar-refractivity contribution in [1.29, 1.82) is 0 Å². The minimum atomic E-state index is -3.61. The highest BCUT2D eigenvalue weighted by atomic mass is 32.2. The van der Waals surface area contributed by atoms with Crippen molar-refractivity contribution >= 4 is 9.84 Å². The lowest BCUT2D eigenvalue weighted by molar-refractivity contribution is 0.137. The van der Waals surface area contributed by atoms with Crippen LogP contribution in [0.1, 0.15) is 0 Å². The highest BCUT2D eigenvalue weighted by Gasteiger charge is 2.11. The summed E-state index contributed by atoms with van der Waals surface area (Å²) in [5.74, 6) is -0.631. The van der Waals surface area contributed by atoms with E-state index in [2.05, 4.69) is 4.74 Å². The summed E-state index contributed by atoms with van der Waals surface area (Å²) < 4.78 is 27.3. The van der Waals surface area contributed by atoms with E-state index < -0.39 is 15.8 Å². The van der Waals surface area contributed by atoms with E-state index in [1.165, 1.54) is 19.2 Å². The van der Waals surface area contributed by atoms with E-state index in [0.717, 1.165) is 0 Å². The van der Waals surface area contributed by atoms with Gasteiger partial charge in [-0.15, -0.1) is 0 Å². The molecule has 1 rings (SSSR count). The van der Waals surface area contributed by atoms with Crippen LogP contribution >= 0.6 is 0 Å². The molecule has 1 aromatic carbocycles. The van der Waals surface area contributed by atoms with Crippen LogP contribution in [0.3, 0.4) is 0 Å². The van der Waals surface area contributed by atoms with Crippen LogP contribution in [0.5, 0.6) is 0 Å². The first kappa shape index (κ1) is 10.6. The molecular weight excluding hydrogens is 204 g/mol. The fraction of sp³-hybridized carbons (Fsp3) is 0.111. The number of hydrogen-bond acceptors (Lipinski definition) is 4. The maximum atomic E-state index is 11.5. The Kier molecular flexibility index (Phi) is 3.14. The first-order valence-corrected chi connectivity index (χ1v) is 5.35. The van der Waals surface area contributed by atoms with Crippen LogP contribution in [-0.4, -0.2) is 20.6 Å². The minimum Gasteiger partial charge on any atom is -0.480 e. The SMILES string of the molecule is CO/C(O)=C/S(=O)(=O)c1ccccc1. The van der Waals surface area contributed by atoms with Gasteiger partial charge in [-0.25, -0.2) is 8.42 Å². The predicted octanol–water partition coefficient (Wildman–Crippen LogP) is 1.46. The molecule has 5 heteroatoms. The Bertz CT molecular complexity index is 419. The van der Waals surface area contributed by atoms with Gasteiger partial charge in [-0.3, -0.25) is 0 Å². The van der Waals surface area contributed by atoms with E-state index in [1.807, 2.05) is 0 Å². The van der Waals surface area contributed by atoms with Gasteiger partial charge in [0.25, 0.3) is 5.95 Å². The van der Waals surface area contributed by atoms with Crippen molar-refractivity contribution in [1.82, 2.24) is 0 Å². The Morgan fingerprint density at radius 1 is 1.36 bits per heavy atom. The van der Waals surface area contributed by atoms with Gasteiger partial charge in [0, 0.05) is 0 Å². The first-order chi connectivity index (χ1) is 6.56. The molecule has 0 unspecified atom stereocenters. The minimum absolute atomic E-state index is 0.114. The van der Waals surface area contributed by atoms with Crippen LogP contribution in [0.15, 0.2) is 46.6 Å². The van der Waals surface area contributed by atoms with Gasteiger partial charge in [-0.2, -0.15) is 0 Å². The van der Waals surface area contributed by atoms with Gasteiger partial charge in [0.1, 0.15) is 5.41 Å². The molecule has 1 N–H and O–H groups in total. The van der Waals surface area contributed by atoms with E-state index >= 15 is 0 Å². The van der Waals surface area contributed by atoms with E-state index in [-0.39, 0.29) is 4.90 Å². The molecule has 0 aliphatic heterocycles. The van der Waals surface area contributed by atoms with E-state index in [4.69, 9.17) is 5.11 Å². The molecule has 0 fully saturated rings. The molecule has 14 heavy (non-hydrogen) atoms. The van der Waals surface area contributed by atoms with Crippen LogP contribution in [0.4, 0.5) is 0 Å². The highest BCUT2D eigenvalue weighted by Crippen LogP contribution is 2.12. The zero-order valence-corrected chi connectivity index (χ0v) is 8.36. The maximum absolute atomic E-state index is 11.5. The standard InChI is InChI=1S/C9H10O4S/c1-13-9(10)7-14(11,12)8-5-3-2-4-6-8/h2-7,10H,1H3/b9-7+. The highest BCUT2D eigenvalue weighted by molar-refractivity contribution is 7.94. The fourth-order valence-corrected chi connectivity index (χ4v) is 1.89. The molecule has 0 aliphatic rings. The third-order valence-electron chi connectivity index (χ3n) is 1.54. The van der Waals surface area contributed by atoms with Crippen molar-refractivity contribution in [3.05, 3.63) is 41.7 Å². The molecule has 0 saturated carbocycles. The largest absolute Gasteiger partial charge is 0.480 e. The van der Waals surface area contributed by atoms with E-state index in [1.54, 1.807) is 18.2 Å². The summed E-state index contributed by atoms with van der Waals surface area (Å²) in [4.78, 5) is 0.114. The topological polar surface area (TPSA) is 63.6 Å². The van der Waals surface area contributed by atoms with Crippen molar-refractivity contribution in [3.63, 3.8) is 0 Å². The average molecular weight is 214 g/mol. The summed E-state index contributed by atoms with van der Waals surface area (Å²) in [7, 11) is -2.42. The molecule has 0 saturated heterocycles. The summed E-state index contributed by atoms with van der Waals surface area (Å²) in [6, 6.07) is 7.79. The Labute approximate surface area is 82.4 Å². The number of benzene rings is 1. The van der Waals surface area contributed by atoms with Crippen LogP contribution in [-0.2, 0) is 14.6 Å². The zero-order chi connectivity index (χ0) is 10.6. The quantitative estimate of drug-likeness (QED) is 0.774. The second kappa shape index (κ2) is 4.15. The van der Waals surface area contributed by atoms with Gasteiger partial charge in [-0.1, -0.05) is 18.2 Å². The lowest BCUT2D eigenvalue weighted by Gasteiger charge is -1.99. The average Bonchev–Trinajstić information content (AvgIpc) is 2.18. The summed E-state index contributed by atoms with van der Waals surface area (Å²) >= 11 is 0. The molecule has 0 radical (unpaired) electrons. The van der Waals surface area contributed by atoms with Gasteiger partial charge in [0.2, 0.25) is 9.84 Å². The third-order valence-corrected chi connectivity index (χ3v) is 2.98. The third kappa shape index (κ3) is 2.50. The van der Waals surface area contributed by atoms with Crippen molar-refractivity contribution in [2.45, 2.75) is 4.90 Å². The zero-order valence-electron chi connectivity index (χ0n) is 7.54. The molecule has 1 aromatic rings.